The van der Waals surface area contributed by atoms with Gasteiger partial charge < -0.3 is 15.0 Å². The molecule has 0 aliphatic carbocycles. The summed E-state index contributed by atoms with van der Waals surface area (Å²) in [6.07, 6.45) is 4.17. The number of ether oxygens (including phenoxy) is 1. The van der Waals surface area contributed by atoms with Gasteiger partial charge >= 0.3 is 5.97 Å². The van der Waals surface area contributed by atoms with Crippen LogP contribution in [-0.2, 0) is 9.53 Å². The minimum absolute atomic E-state index is 0.192. The summed E-state index contributed by atoms with van der Waals surface area (Å²) in [5, 5.41) is 3.24. The quantitative estimate of drug-likeness (QED) is 0.745. The molecule has 0 saturated carbocycles. The maximum absolute atomic E-state index is 12.5. The Balaban J connectivity index is 1.63. The zero-order chi connectivity index (χ0) is 20.6. The highest BCUT2D eigenvalue weighted by Gasteiger charge is 2.20. The number of halogens is 1. The molecule has 29 heavy (non-hydrogen) atoms. The van der Waals surface area contributed by atoms with E-state index in [0.29, 0.717) is 29.4 Å². The number of nitrogens with zero attached hydrogens (tertiary/aromatic N) is 1. The van der Waals surface area contributed by atoms with Crippen LogP contribution >= 0.6 is 11.6 Å². The number of esters is 1. The van der Waals surface area contributed by atoms with E-state index in [1.807, 2.05) is 0 Å². The summed E-state index contributed by atoms with van der Waals surface area (Å²) >= 11 is 5.84. The van der Waals surface area contributed by atoms with Crippen LogP contribution in [0.2, 0.25) is 5.02 Å². The topological polar surface area (TPSA) is 75.7 Å². The average molecular weight is 415 g/mol. The van der Waals surface area contributed by atoms with Crippen LogP contribution in [0.5, 0.6) is 0 Å². The molecule has 1 saturated heterocycles. The van der Waals surface area contributed by atoms with E-state index in [-0.39, 0.29) is 24.0 Å². The highest BCUT2D eigenvalue weighted by Crippen LogP contribution is 2.18. The van der Waals surface area contributed by atoms with Gasteiger partial charge in [0.05, 0.1) is 11.3 Å². The number of hydrogen-bond acceptors (Lipinski definition) is 4. The van der Waals surface area contributed by atoms with E-state index < -0.39 is 5.97 Å². The summed E-state index contributed by atoms with van der Waals surface area (Å²) in [6.45, 7) is 1.09. The Kier molecular flexibility index (Phi) is 7.25. The molecule has 0 spiro atoms. The Morgan fingerprint density at radius 3 is 2.28 bits per heavy atom. The Bertz CT molecular complexity index is 875. The Morgan fingerprint density at radius 1 is 0.931 bits per heavy atom. The van der Waals surface area contributed by atoms with Crippen LogP contribution in [0.3, 0.4) is 0 Å². The van der Waals surface area contributed by atoms with Crippen LogP contribution < -0.4 is 5.32 Å². The summed E-state index contributed by atoms with van der Waals surface area (Å²) in [7, 11) is 0. The summed E-state index contributed by atoms with van der Waals surface area (Å²) in [5.74, 6) is -1.22. The second kappa shape index (κ2) is 10.1. The Morgan fingerprint density at radius 2 is 1.59 bits per heavy atom. The molecule has 6 nitrogen and oxygen atoms in total. The van der Waals surface area contributed by atoms with Crippen molar-refractivity contribution in [2.45, 2.75) is 25.7 Å². The minimum atomic E-state index is -0.653. The van der Waals surface area contributed by atoms with Gasteiger partial charge in [-0.25, -0.2) is 4.79 Å². The summed E-state index contributed by atoms with van der Waals surface area (Å²) in [4.78, 5) is 39.0. The van der Waals surface area contributed by atoms with Crippen molar-refractivity contribution in [1.29, 1.82) is 0 Å². The molecule has 0 bridgehead atoms. The smallest absolute Gasteiger partial charge is 0.340 e. The van der Waals surface area contributed by atoms with E-state index >= 15 is 0 Å². The standard InChI is InChI=1S/C22H23ClN2O4/c23-17-11-9-16(10-12-17)21(27)24-19-8-4-3-7-18(19)22(28)29-15-20(26)25-13-5-1-2-6-14-25/h3-4,7-12H,1-2,5-6,13-15H2,(H,24,27). The second-order valence-electron chi connectivity index (χ2n) is 6.88. The number of nitrogens with one attached hydrogen (secondary N) is 1. The van der Waals surface area contributed by atoms with Gasteiger partial charge in [0.15, 0.2) is 6.61 Å². The monoisotopic (exact) mass is 414 g/mol. The van der Waals surface area contributed by atoms with Crippen LogP contribution in [0, 0.1) is 0 Å². The molecule has 0 unspecified atom stereocenters. The van der Waals surface area contributed by atoms with Crippen molar-refractivity contribution in [2.75, 3.05) is 25.0 Å². The highest BCUT2D eigenvalue weighted by atomic mass is 35.5. The fourth-order valence-corrected chi connectivity index (χ4v) is 3.31. The van der Waals surface area contributed by atoms with Crippen LogP contribution in [0.15, 0.2) is 48.5 Å². The molecule has 1 fully saturated rings. The lowest BCUT2D eigenvalue weighted by molar-refractivity contribution is -0.134. The van der Waals surface area contributed by atoms with Crippen molar-refractivity contribution < 1.29 is 19.1 Å². The third kappa shape index (κ3) is 5.81. The number of carbonyl (C=O) groups is 3. The molecule has 0 aromatic heterocycles. The molecule has 0 atom stereocenters. The van der Waals surface area contributed by atoms with Gasteiger partial charge in [0.2, 0.25) is 0 Å². The Labute approximate surface area is 174 Å². The van der Waals surface area contributed by atoms with Crippen LogP contribution in [-0.4, -0.2) is 42.4 Å². The third-order valence-corrected chi connectivity index (χ3v) is 5.04. The molecular weight excluding hydrogens is 392 g/mol. The predicted molar refractivity (Wildman–Crippen MR) is 111 cm³/mol. The van der Waals surface area contributed by atoms with Gasteiger partial charge in [-0.05, 0) is 49.2 Å². The van der Waals surface area contributed by atoms with Crippen LogP contribution in [0.1, 0.15) is 46.4 Å². The molecule has 2 aromatic rings. The number of anilines is 1. The number of likely N-dealkylation sites (tertiary alicyclic amines) is 1. The maximum atomic E-state index is 12.5. The molecule has 1 N–H and O–H groups in total. The van der Waals surface area contributed by atoms with Gasteiger partial charge in [0, 0.05) is 23.7 Å². The fraction of sp³-hybridized carbons (Fsp3) is 0.318. The molecule has 1 aliphatic rings. The van der Waals surface area contributed by atoms with E-state index in [0.717, 1.165) is 25.7 Å². The zero-order valence-corrected chi connectivity index (χ0v) is 16.8. The molecule has 2 aromatic carbocycles. The number of rotatable bonds is 5. The molecule has 152 valence electrons. The van der Waals surface area contributed by atoms with Gasteiger partial charge in [0.1, 0.15) is 0 Å². The first-order valence-electron chi connectivity index (χ1n) is 9.65. The average Bonchev–Trinajstić information content (AvgIpc) is 3.02. The van der Waals surface area contributed by atoms with E-state index in [1.165, 1.54) is 0 Å². The normalized spacial score (nSPS) is 14.0. The molecule has 3 rings (SSSR count). The van der Waals surface area contributed by atoms with Gasteiger partial charge in [-0.2, -0.15) is 0 Å². The predicted octanol–water partition coefficient (Wildman–Crippen LogP) is 4.15. The van der Waals surface area contributed by atoms with E-state index in [1.54, 1.807) is 53.4 Å². The molecule has 1 aliphatic heterocycles. The van der Waals surface area contributed by atoms with Crippen molar-refractivity contribution in [3.8, 4) is 0 Å². The SMILES string of the molecule is O=C(Nc1ccccc1C(=O)OCC(=O)N1CCCCCC1)c1ccc(Cl)cc1. The maximum Gasteiger partial charge on any atom is 0.340 e. The summed E-state index contributed by atoms with van der Waals surface area (Å²) in [6, 6.07) is 13.0. The van der Waals surface area contributed by atoms with Crippen LogP contribution in [0.4, 0.5) is 5.69 Å². The van der Waals surface area contributed by atoms with E-state index in [2.05, 4.69) is 5.32 Å². The number of hydrogen-bond donors (Lipinski definition) is 1. The van der Waals surface area contributed by atoms with Crippen molar-refractivity contribution >= 4 is 35.1 Å². The van der Waals surface area contributed by atoms with E-state index in [4.69, 9.17) is 16.3 Å². The van der Waals surface area contributed by atoms with Crippen molar-refractivity contribution in [3.05, 3.63) is 64.7 Å². The first kappa shape index (κ1) is 20.9. The highest BCUT2D eigenvalue weighted by molar-refractivity contribution is 6.30. The molecular formula is C22H23ClN2O4. The number of benzene rings is 2. The Hall–Kier alpha value is -2.86. The lowest BCUT2D eigenvalue weighted by atomic mass is 10.1. The molecule has 1 heterocycles. The minimum Gasteiger partial charge on any atom is -0.452 e. The first-order chi connectivity index (χ1) is 14.0. The first-order valence-corrected chi connectivity index (χ1v) is 10.0. The van der Waals surface area contributed by atoms with Crippen LogP contribution in [0.25, 0.3) is 0 Å². The largest absolute Gasteiger partial charge is 0.452 e. The fourth-order valence-electron chi connectivity index (χ4n) is 3.18. The third-order valence-electron chi connectivity index (χ3n) is 4.79. The van der Waals surface area contributed by atoms with Gasteiger partial charge in [-0.15, -0.1) is 0 Å². The molecule has 2 amide bonds. The molecule has 7 heteroatoms. The van der Waals surface area contributed by atoms with Gasteiger partial charge in [-0.3, -0.25) is 9.59 Å². The van der Waals surface area contributed by atoms with E-state index in [9.17, 15) is 14.4 Å². The van der Waals surface area contributed by atoms with Gasteiger partial charge in [0.25, 0.3) is 11.8 Å². The summed E-state index contributed by atoms with van der Waals surface area (Å²) < 4.78 is 5.23. The number of carbonyl (C=O) groups excluding carboxylic acids is 3. The molecule has 0 radical (unpaired) electrons. The number of para-hydroxylation sites is 1. The lowest BCUT2D eigenvalue weighted by Gasteiger charge is -2.20. The lowest BCUT2D eigenvalue weighted by Crippen LogP contribution is -2.35. The second-order valence-corrected chi connectivity index (χ2v) is 7.31. The van der Waals surface area contributed by atoms with Crippen molar-refractivity contribution in [1.82, 2.24) is 4.90 Å². The van der Waals surface area contributed by atoms with Gasteiger partial charge in [-0.1, -0.05) is 36.6 Å². The zero-order valence-electron chi connectivity index (χ0n) is 16.0. The van der Waals surface area contributed by atoms with Crippen molar-refractivity contribution in [2.24, 2.45) is 0 Å². The van der Waals surface area contributed by atoms with Crippen molar-refractivity contribution in [3.63, 3.8) is 0 Å². The summed E-state index contributed by atoms with van der Waals surface area (Å²) in [5.41, 5.74) is 0.923. The number of amides is 2.